The van der Waals surface area contributed by atoms with Crippen molar-refractivity contribution in [3.8, 4) is 0 Å². The van der Waals surface area contributed by atoms with Gasteiger partial charge in [0.25, 0.3) is 5.91 Å². The van der Waals surface area contributed by atoms with Crippen LogP contribution in [0.15, 0.2) is 12.1 Å². The average Bonchev–Trinajstić information content (AvgIpc) is 2.80. The number of nitrogens with zero attached hydrogens (tertiary/aromatic N) is 2. The molecule has 0 fully saturated rings. The van der Waals surface area contributed by atoms with E-state index in [0.29, 0.717) is 21.7 Å². The van der Waals surface area contributed by atoms with Crippen LogP contribution >= 0.6 is 23.3 Å². The SMILES string of the molecule is CO[C@@H](C)C(=O)Nc1c(Cl)ccc2nsnc12. The molecule has 0 saturated heterocycles. The zero-order chi connectivity index (χ0) is 12.4. The van der Waals surface area contributed by atoms with E-state index in [1.165, 1.54) is 7.11 Å². The van der Waals surface area contributed by atoms with E-state index in [2.05, 4.69) is 14.1 Å². The second-order valence-electron chi connectivity index (χ2n) is 3.42. The molecule has 5 nitrogen and oxygen atoms in total. The minimum atomic E-state index is -0.548. The maximum Gasteiger partial charge on any atom is 0.253 e. The monoisotopic (exact) mass is 271 g/mol. The highest BCUT2D eigenvalue weighted by Crippen LogP contribution is 2.29. The Morgan fingerprint density at radius 3 is 3.00 bits per heavy atom. The summed E-state index contributed by atoms with van der Waals surface area (Å²) in [6, 6.07) is 3.44. The quantitative estimate of drug-likeness (QED) is 0.930. The van der Waals surface area contributed by atoms with Gasteiger partial charge in [-0.2, -0.15) is 8.75 Å². The number of benzene rings is 1. The lowest BCUT2D eigenvalue weighted by molar-refractivity contribution is -0.124. The molecule has 1 atom stereocenters. The molecule has 0 aliphatic rings. The minimum Gasteiger partial charge on any atom is -0.372 e. The standard InChI is InChI=1S/C10H10ClN3O2S/c1-5(16-2)10(15)12-8-6(11)3-4-7-9(8)14-17-13-7/h3-5H,1-2H3,(H,12,15)/t5-/m0/s1. The lowest BCUT2D eigenvalue weighted by atomic mass is 10.2. The van der Waals surface area contributed by atoms with Gasteiger partial charge < -0.3 is 10.1 Å². The van der Waals surface area contributed by atoms with E-state index in [1.807, 2.05) is 0 Å². The topological polar surface area (TPSA) is 64.1 Å². The van der Waals surface area contributed by atoms with Crippen molar-refractivity contribution in [2.24, 2.45) is 0 Å². The van der Waals surface area contributed by atoms with E-state index < -0.39 is 6.10 Å². The van der Waals surface area contributed by atoms with Gasteiger partial charge in [-0.15, -0.1) is 0 Å². The third kappa shape index (κ3) is 2.38. The van der Waals surface area contributed by atoms with Gasteiger partial charge >= 0.3 is 0 Å². The van der Waals surface area contributed by atoms with Crippen LogP contribution in [0.1, 0.15) is 6.92 Å². The lowest BCUT2D eigenvalue weighted by Crippen LogP contribution is -2.26. The second kappa shape index (κ2) is 4.95. The predicted molar refractivity (Wildman–Crippen MR) is 67.5 cm³/mol. The Bertz CT molecular complexity index is 557. The summed E-state index contributed by atoms with van der Waals surface area (Å²) in [6.07, 6.45) is -0.548. The summed E-state index contributed by atoms with van der Waals surface area (Å²) in [4.78, 5) is 11.7. The Hall–Kier alpha value is -1.24. The number of hydrogen-bond acceptors (Lipinski definition) is 5. The molecule has 2 aromatic rings. The summed E-state index contributed by atoms with van der Waals surface area (Å²) < 4.78 is 13.1. The first-order valence-corrected chi connectivity index (χ1v) is 5.98. The normalized spacial score (nSPS) is 12.6. The van der Waals surface area contributed by atoms with Gasteiger partial charge in [0.05, 0.1) is 22.4 Å². The predicted octanol–water partition coefficient (Wildman–Crippen LogP) is 2.32. The van der Waals surface area contributed by atoms with Crippen LogP contribution in [0.4, 0.5) is 5.69 Å². The Balaban J connectivity index is 2.37. The number of nitrogens with one attached hydrogen (secondary N) is 1. The van der Waals surface area contributed by atoms with Crippen LogP contribution in [0.25, 0.3) is 11.0 Å². The molecule has 1 aromatic heterocycles. The fourth-order valence-electron chi connectivity index (χ4n) is 1.28. The van der Waals surface area contributed by atoms with E-state index >= 15 is 0 Å². The molecule has 0 aliphatic heterocycles. The minimum absolute atomic E-state index is 0.269. The van der Waals surface area contributed by atoms with Gasteiger partial charge in [0.1, 0.15) is 17.1 Å². The summed E-state index contributed by atoms with van der Waals surface area (Å²) in [5, 5.41) is 3.13. The first-order chi connectivity index (χ1) is 8.13. The van der Waals surface area contributed by atoms with Crippen LogP contribution in [0.5, 0.6) is 0 Å². The Morgan fingerprint density at radius 2 is 2.29 bits per heavy atom. The molecule has 0 radical (unpaired) electrons. The van der Waals surface area contributed by atoms with Crippen molar-refractivity contribution in [2.45, 2.75) is 13.0 Å². The van der Waals surface area contributed by atoms with Crippen molar-refractivity contribution in [2.75, 3.05) is 12.4 Å². The van der Waals surface area contributed by atoms with E-state index in [4.69, 9.17) is 16.3 Å². The number of carbonyl (C=O) groups excluding carboxylic acids is 1. The zero-order valence-electron chi connectivity index (χ0n) is 9.23. The molecular formula is C10H10ClN3O2S. The molecule has 1 aromatic carbocycles. The van der Waals surface area contributed by atoms with Gasteiger partial charge in [-0.3, -0.25) is 4.79 Å². The molecule has 2 rings (SSSR count). The number of carbonyl (C=O) groups is 1. The molecule has 7 heteroatoms. The molecule has 0 spiro atoms. The zero-order valence-corrected chi connectivity index (χ0v) is 10.8. The molecule has 1 amide bonds. The van der Waals surface area contributed by atoms with Crippen molar-refractivity contribution >= 4 is 46.0 Å². The third-order valence-corrected chi connectivity index (χ3v) is 3.21. The van der Waals surface area contributed by atoms with E-state index in [9.17, 15) is 4.79 Å². The van der Waals surface area contributed by atoms with E-state index in [-0.39, 0.29) is 5.91 Å². The number of amides is 1. The van der Waals surface area contributed by atoms with Gasteiger partial charge in [0, 0.05) is 7.11 Å². The van der Waals surface area contributed by atoms with Gasteiger partial charge in [-0.05, 0) is 19.1 Å². The van der Waals surface area contributed by atoms with Gasteiger partial charge in [-0.25, -0.2) is 0 Å². The molecular weight excluding hydrogens is 262 g/mol. The number of rotatable bonds is 3. The van der Waals surface area contributed by atoms with Crippen LogP contribution in [-0.4, -0.2) is 27.9 Å². The van der Waals surface area contributed by atoms with Crippen LogP contribution in [0.2, 0.25) is 5.02 Å². The van der Waals surface area contributed by atoms with Gasteiger partial charge in [0.2, 0.25) is 0 Å². The molecule has 1 N–H and O–H groups in total. The highest BCUT2D eigenvalue weighted by atomic mass is 35.5. The molecule has 0 bridgehead atoms. The van der Waals surface area contributed by atoms with E-state index in [0.717, 1.165) is 11.7 Å². The summed E-state index contributed by atoms with van der Waals surface area (Å²) >= 11 is 7.11. The Morgan fingerprint density at radius 1 is 1.53 bits per heavy atom. The van der Waals surface area contributed by atoms with Crippen molar-refractivity contribution in [3.05, 3.63) is 17.2 Å². The van der Waals surface area contributed by atoms with Crippen molar-refractivity contribution in [3.63, 3.8) is 0 Å². The van der Waals surface area contributed by atoms with Crippen molar-refractivity contribution in [1.29, 1.82) is 0 Å². The number of anilines is 1. The highest BCUT2D eigenvalue weighted by molar-refractivity contribution is 7.00. The van der Waals surface area contributed by atoms with E-state index in [1.54, 1.807) is 19.1 Å². The summed E-state index contributed by atoms with van der Waals surface area (Å²) in [6.45, 7) is 1.66. The fraction of sp³-hybridized carbons (Fsp3) is 0.300. The molecule has 1 heterocycles. The Labute approximate surface area is 107 Å². The molecule has 17 heavy (non-hydrogen) atoms. The van der Waals surface area contributed by atoms with Crippen molar-refractivity contribution < 1.29 is 9.53 Å². The van der Waals surface area contributed by atoms with Crippen LogP contribution < -0.4 is 5.32 Å². The largest absolute Gasteiger partial charge is 0.372 e. The fourth-order valence-corrected chi connectivity index (χ4v) is 2.02. The number of fused-ring (bicyclic) bond motifs is 1. The average molecular weight is 272 g/mol. The number of methoxy groups -OCH3 is 1. The summed E-state index contributed by atoms with van der Waals surface area (Å²) in [7, 11) is 1.47. The Kier molecular flexibility index (Phi) is 3.56. The number of ether oxygens (including phenoxy) is 1. The third-order valence-electron chi connectivity index (χ3n) is 2.35. The van der Waals surface area contributed by atoms with Crippen molar-refractivity contribution in [1.82, 2.24) is 8.75 Å². The molecule has 90 valence electrons. The number of halogens is 1. The lowest BCUT2D eigenvalue weighted by Gasteiger charge is -2.11. The van der Waals surface area contributed by atoms with Gasteiger partial charge in [-0.1, -0.05) is 11.6 Å². The highest BCUT2D eigenvalue weighted by Gasteiger charge is 2.16. The van der Waals surface area contributed by atoms with Crippen LogP contribution in [-0.2, 0) is 9.53 Å². The first-order valence-electron chi connectivity index (χ1n) is 4.88. The summed E-state index contributed by atoms with van der Waals surface area (Å²) in [5.41, 5.74) is 1.78. The second-order valence-corrected chi connectivity index (χ2v) is 4.36. The number of aromatic nitrogens is 2. The molecule has 0 unspecified atom stereocenters. The smallest absolute Gasteiger partial charge is 0.253 e. The maximum absolute atomic E-state index is 11.7. The van der Waals surface area contributed by atoms with Gasteiger partial charge in [0.15, 0.2) is 0 Å². The molecule has 0 saturated carbocycles. The first kappa shape index (κ1) is 12.2. The summed E-state index contributed by atoms with van der Waals surface area (Å²) in [5.74, 6) is -0.269. The maximum atomic E-state index is 11.7. The van der Waals surface area contributed by atoms with Crippen LogP contribution in [0.3, 0.4) is 0 Å². The number of hydrogen-bond donors (Lipinski definition) is 1. The molecule has 0 aliphatic carbocycles. The van der Waals surface area contributed by atoms with Crippen LogP contribution in [0, 0.1) is 0 Å².